The molecule has 0 saturated carbocycles. The van der Waals surface area contributed by atoms with Crippen LogP contribution in [0.15, 0.2) is 11.3 Å². The van der Waals surface area contributed by atoms with Gasteiger partial charge in [0.05, 0.1) is 0 Å². The average molecular weight is 200 g/mol. The van der Waals surface area contributed by atoms with E-state index in [9.17, 15) is 4.57 Å². The van der Waals surface area contributed by atoms with Gasteiger partial charge in [-0.1, -0.05) is 0 Å². The molecule has 0 aliphatic heterocycles. The lowest BCUT2D eigenvalue weighted by molar-refractivity contribution is 0.241. The van der Waals surface area contributed by atoms with Gasteiger partial charge in [-0.25, -0.2) is 4.57 Å². The van der Waals surface area contributed by atoms with E-state index >= 15 is 0 Å². The van der Waals surface area contributed by atoms with Crippen LogP contribution in [-0.4, -0.2) is 9.79 Å². The molecule has 0 heterocycles. The third-order valence-corrected chi connectivity index (χ3v) is 1.47. The van der Waals surface area contributed by atoms with Gasteiger partial charge in [-0.15, -0.1) is 0 Å². The van der Waals surface area contributed by atoms with E-state index in [2.05, 4.69) is 4.52 Å². The highest BCUT2D eigenvalue weighted by molar-refractivity contribution is 7.46. The molecule has 0 fully saturated rings. The zero-order chi connectivity index (χ0) is 8.36. The van der Waals surface area contributed by atoms with Gasteiger partial charge in [0.2, 0.25) is 0 Å². The summed E-state index contributed by atoms with van der Waals surface area (Å²) < 4.78 is 14.4. The van der Waals surface area contributed by atoms with Gasteiger partial charge in [-0.2, -0.15) is 0 Å². The van der Waals surface area contributed by atoms with Crippen molar-refractivity contribution in [1.29, 1.82) is 0 Å². The standard InChI is InChI=1S/C5H11O4P.2H3N/c1-4(2)5(3)9-10(6,7)8;;/h1-3H3,(H2,6,7,8);2*1H3. The minimum atomic E-state index is -4.33. The highest BCUT2D eigenvalue weighted by Gasteiger charge is 2.15. The topological polar surface area (TPSA) is 137 Å². The summed E-state index contributed by atoms with van der Waals surface area (Å²) in [5.41, 5.74) is 0.753. The Kier molecular flexibility index (Phi) is 9.05. The second kappa shape index (κ2) is 6.16. The number of allylic oxidation sites excluding steroid dienone is 2. The molecule has 12 heavy (non-hydrogen) atoms. The summed E-state index contributed by atoms with van der Waals surface area (Å²) in [5.74, 6) is 0.272. The number of hydrogen-bond acceptors (Lipinski definition) is 4. The lowest BCUT2D eigenvalue weighted by Gasteiger charge is -2.07. The lowest BCUT2D eigenvalue weighted by Crippen LogP contribution is -1.87. The Morgan fingerprint density at radius 3 is 1.58 bits per heavy atom. The monoisotopic (exact) mass is 200 g/mol. The Morgan fingerprint density at radius 1 is 1.17 bits per heavy atom. The van der Waals surface area contributed by atoms with E-state index in [1.807, 2.05) is 0 Å². The SMILES string of the molecule is CC(C)=C(C)OP(=O)(O)O.N.N. The Morgan fingerprint density at radius 2 is 1.50 bits per heavy atom. The number of hydrogen-bond donors (Lipinski definition) is 4. The fourth-order valence-corrected chi connectivity index (χ4v) is 0.809. The molecule has 6 nitrogen and oxygen atoms in total. The first-order chi connectivity index (χ1) is 4.33. The van der Waals surface area contributed by atoms with Crippen molar-refractivity contribution >= 4 is 7.82 Å². The minimum Gasteiger partial charge on any atom is -0.409 e. The normalized spacial score (nSPS) is 9.08. The summed E-state index contributed by atoms with van der Waals surface area (Å²) in [6.45, 7) is 4.93. The van der Waals surface area contributed by atoms with Crippen LogP contribution in [0.4, 0.5) is 0 Å². The Hall–Kier alpha value is -0.390. The van der Waals surface area contributed by atoms with Crippen LogP contribution in [0.25, 0.3) is 0 Å². The zero-order valence-corrected chi connectivity index (χ0v) is 8.47. The largest absolute Gasteiger partial charge is 0.524 e. The predicted molar refractivity (Wildman–Crippen MR) is 47.2 cm³/mol. The molecule has 0 atom stereocenters. The van der Waals surface area contributed by atoms with Gasteiger partial charge in [0.25, 0.3) is 0 Å². The Bertz CT molecular complexity index is 194. The predicted octanol–water partition coefficient (Wildman–Crippen LogP) is 1.73. The highest BCUT2D eigenvalue weighted by atomic mass is 31.2. The molecular weight excluding hydrogens is 183 g/mol. The molecule has 0 aromatic carbocycles. The number of phosphoric acid groups is 1. The van der Waals surface area contributed by atoms with Crippen LogP contribution in [0.5, 0.6) is 0 Å². The lowest BCUT2D eigenvalue weighted by atomic mass is 10.3. The van der Waals surface area contributed by atoms with Gasteiger partial charge in [0.1, 0.15) is 5.76 Å². The molecule has 76 valence electrons. The van der Waals surface area contributed by atoms with E-state index < -0.39 is 7.82 Å². The molecule has 0 aliphatic rings. The maximum atomic E-state index is 10.2. The average Bonchev–Trinajstić information content (AvgIpc) is 1.60. The van der Waals surface area contributed by atoms with Crippen molar-refractivity contribution in [3.8, 4) is 0 Å². The van der Waals surface area contributed by atoms with E-state index in [-0.39, 0.29) is 18.1 Å². The Labute approximate surface area is 72.0 Å². The molecule has 0 radical (unpaired) electrons. The second-order valence-corrected chi connectivity index (χ2v) is 3.30. The molecule has 0 amide bonds. The Balaban J connectivity index is -0.000000405. The molecule has 7 heteroatoms. The molecule has 0 aliphatic carbocycles. The van der Waals surface area contributed by atoms with Gasteiger partial charge < -0.3 is 16.8 Å². The maximum absolute atomic E-state index is 10.2. The van der Waals surface area contributed by atoms with E-state index in [0.29, 0.717) is 0 Å². The molecule has 0 aromatic heterocycles. The number of phosphoric ester groups is 1. The fraction of sp³-hybridized carbons (Fsp3) is 0.600. The van der Waals surface area contributed by atoms with Gasteiger partial charge in [0, 0.05) is 0 Å². The zero-order valence-electron chi connectivity index (χ0n) is 7.57. The van der Waals surface area contributed by atoms with Gasteiger partial charge in [-0.3, -0.25) is 9.79 Å². The van der Waals surface area contributed by atoms with E-state index in [1.54, 1.807) is 13.8 Å². The van der Waals surface area contributed by atoms with E-state index in [4.69, 9.17) is 9.79 Å². The molecular formula is C5H17N2O4P. The molecule has 8 N–H and O–H groups in total. The van der Waals surface area contributed by atoms with E-state index in [1.165, 1.54) is 6.92 Å². The van der Waals surface area contributed by atoms with Crippen molar-refractivity contribution in [3.05, 3.63) is 11.3 Å². The highest BCUT2D eigenvalue weighted by Crippen LogP contribution is 2.39. The fourth-order valence-electron chi connectivity index (χ4n) is 0.270. The first-order valence-electron chi connectivity index (χ1n) is 2.72. The van der Waals surface area contributed by atoms with Crippen LogP contribution >= 0.6 is 7.82 Å². The summed E-state index contributed by atoms with van der Waals surface area (Å²) in [7, 11) is -4.33. The van der Waals surface area contributed by atoms with Gasteiger partial charge in [-0.05, 0) is 26.3 Å². The number of rotatable bonds is 2. The van der Waals surface area contributed by atoms with Crippen LogP contribution in [0.2, 0.25) is 0 Å². The summed E-state index contributed by atoms with van der Waals surface area (Å²) in [6, 6.07) is 0. The second-order valence-electron chi connectivity index (χ2n) is 2.14. The molecule has 0 spiro atoms. The van der Waals surface area contributed by atoms with Crippen LogP contribution < -0.4 is 12.3 Å². The molecule has 0 bridgehead atoms. The van der Waals surface area contributed by atoms with Crippen LogP contribution in [-0.2, 0) is 9.09 Å². The van der Waals surface area contributed by atoms with Crippen LogP contribution in [0, 0.1) is 0 Å². The summed E-state index contributed by atoms with van der Waals surface area (Å²) in [6.07, 6.45) is 0. The van der Waals surface area contributed by atoms with Crippen LogP contribution in [0.3, 0.4) is 0 Å². The maximum Gasteiger partial charge on any atom is 0.524 e. The van der Waals surface area contributed by atoms with E-state index in [0.717, 1.165) is 5.57 Å². The molecule has 0 unspecified atom stereocenters. The first-order valence-corrected chi connectivity index (χ1v) is 4.25. The van der Waals surface area contributed by atoms with Crippen molar-refractivity contribution in [2.75, 3.05) is 0 Å². The van der Waals surface area contributed by atoms with Crippen molar-refractivity contribution in [2.24, 2.45) is 0 Å². The summed E-state index contributed by atoms with van der Waals surface area (Å²) in [4.78, 5) is 16.6. The van der Waals surface area contributed by atoms with Crippen LogP contribution in [0.1, 0.15) is 20.8 Å². The summed E-state index contributed by atoms with van der Waals surface area (Å²) >= 11 is 0. The van der Waals surface area contributed by atoms with Crippen molar-refractivity contribution in [2.45, 2.75) is 20.8 Å². The van der Waals surface area contributed by atoms with Crippen molar-refractivity contribution in [3.63, 3.8) is 0 Å². The quantitative estimate of drug-likeness (QED) is 0.395. The van der Waals surface area contributed by atoms with Gasteiger partial charge in [0.15, 0.2) is 0 Å². The third kappa shape index (κ3) is 9.61. The van der Waals surface area contributed by atoms with Crippen molar-refractivity contribution in [1.82, 2.24) is 12.3 Å². The van der Waals surface area contributed by atoms with Crippen molar-refractivity contribution < 1.29 is 18.9 Å². The third-order valence-electron chi connectivity index (χ3n) is 0.960. The molecule has 0 saturated heterocycles. The molecule has 0 rings (SSSR count). The molecule has 0 aromatic rings. The minimum absolute atomic E-state index is 0. The van der Waals surface area contributed by atoms with Gasteiger partial charge >= 0.3 is 7.82 Å². The smallest absolute Gasteiger partial charge is 0.409 e. The first kappa shape index (κ1) is 17.6. The summed E-state index contributed by atoms with van der Waals surface area (Å²) in [5, 5.41) is 0.